The van der Waals surface area contributed by atoms with Crippen molar-refractivity contribution in [2.45, 2.75) is 10.9 Å². The second-order valence-corrected chi connectivity index (χ2v) is 8.64. The minimum absolute atomic E-state index is 0.190. The molecule has 33 heavy (non-hydrogen) atoms. The third-order valence-corrected chi connectivity index (χ3v) is 6.38. The molecule has 6 nitrogen and oxygen atoms in total. The van der Waals surface area contributed by atoms with Crippen LogP contribution >= 0.6 is 23.4 Å². The number of H-pyrrole nitrogens is 1. The van der Waals surface area contributed by atoms with E-state index in [0.717, 1.165) is 27.9 Å². The fourth-order valence-electron chi connectivity index (χ4n) is 3.66. The van der Waals surface area contributed by atoms with Gasteiger partial charge < -0.3 is 9.72 Å². The summed E-state index contributed by atoms with van der Waals surface area (Å²) in [6.07, 6.45) is 1.85. The van der Waals surface area contributed by atoms with Crippen molar-refractivity contribution in [3.05, 3.63) is 100 Å². The predicted molar refractivity (Wildman–Crippen MR) is 132 cm³/mol. The highest BCUT2D eigenvalue weighted by atomic mass is 35.5. The van der Waals surface area contributed by atoms with Gasteiger partial charge in [0, 0.05) is 10.6 Å². The zero-order valence-electron chi connectivity index (χ0n) is 17.7. The van der Waals surface area contributed by atoms with Crippen LogP contribution < -0.4 is 10.3 Å². The summed E-state index contributed by atoms with van der Waals surface area (Å²) in [5.41, 5.74) is 3.24. The zero-order chi connectivity index (χ0) is 22.8. The van der Waals surface area contributed by atoms with Crippen molar-refractivity contribution in [2.75, 3.05) is 7.11 Å². The van der Waals surface area contributed by atoms with E-state index >= 15 is 0 Å². The standard InChI is InChI=1S/C25H19ClN4O2S/c1-32-22-10-6-5-9-20(22)30-21(16-7-3-2-4-8-16)14-27-25(30)33-15-23-28-19-13-17(26)11-12-18(19)24(31)29-23/h2-14H,15H2,1H3,(H,28,29,31). The Morgan fingerprint density at radius 3 is 2.67 bits per heavy atom. The first kappa shape index (κ1) is 21.3. The SMILES string of the molecule is COc1ccccc1-n1c(-c2ccccc2)cnc1SCc1nc2cc(Cl)ccc2c(=O)[nH]1. The van der Waals surface area contributed by atoms with Crippen LogP contribution in [0.3, 0.4) is 0 Å². The Hall–Kier alpha value is -3.55. The highest BCUT2D eigenvalue weighted by Crippen LogP contribution is 2.34. The van der Waals surface area contributed by atoms with Crippen LogP contribution in [0, 0.1) is 0 Å². The van der Waals surface area contributed by atoms with Gasteiger partial charge in [0.25, 0.3) is 5.56 Å². The number of hydrogen-bond acceptors (Lipinski definition) is 5. The monoisotopic (exact) mass is 474 g/mol. The smallest absolute Gasteiger partial charge is 0.258 e. The van der Waals surface area contributed by atoms with Gasteiger partial charge in [-0.05, 0) is 30.3 Å². The van der Waals surface area contributed by atoms with Gasteiger partial charge in [0.15, 0.2) is 5.16 Å². The Morgan fingerprint density at radius 1 is 1.06 bits per heavy atom. The van der Waals surface area contributed by atoms with Crippen LogP contribution in [-0.4, -0.2) is 26.6 Å². The van der Waals surface area contributed by atoms with Gasteiger partial charge in [-0.25, -0.2) is 9.97 Å². The van der Waals surface area contributed by atoms with Crippen LogP contribution in [-0.2, 0) is 5.75 Å². The molecule has 0 unspecified atom stereocenters. The summed E-state index contributed by atoms with van der Waals surface area (Å²) in [5, 5.41) is 1.81. The van der Waals surface area contributed by atoms with Gasteiger partial charge in [-0.1, -0.05) is 65.8 Å². The normalized spacial score (nSPS) is 11.1. The lowest BCUT2D eigenvalue weighted by Crippen LogP contribution is -2.11. The van der Waals surface area contributed by atoms with E-state index in [-0.39, 0.29) is 5.56 Å². The summed E-state index contributed by atoms with van der Waals surface area (Å²) in [6, 6.07) is 22.9. The van der Waals surface area contributed by atoms with Crippen molar-refractivity contribution in [1.29, 1.82) is 0 Å². The Kier molecular flexibility index (Phi) is 5.90. The summed E-state index contributed by atoms with van der Waals surface area (Å²) >= 11 is 7.57. The van der Waals surface area contributed by atoms with Crippen LogP contribution in [0.15, 0.2) is 88.9 Å². The molecule has 164 valence electrons. The largest absolute Gasteiger partial charge is 0.495 e. The molecule has 0 aliphatic rings. The number of halogens is 1. The van der Waals surface area contributed by atoms with Crippen LogP contribution in [0.4, 0.5) is 0 Å². The molecule has 0 atom stereocenters. The van der Waals surface area contributed by atoms with Gasteiger partial charge in [-0.3, -0.25) is 9.36 Å². The lowest BCUT2D eigenvalue weighted by atomic mass is 10.1. The van der Waals surface area contributed by atoms with E-state index in [1.807, 2.05) is 60.8 Å². The van der Waals surface area contributed by atoms with E-state index in [9.17, 15) is 4.79 Å². The molecule has 0 spiro atoms. The molecule has 0 amide bonds. The second-order valence-electron chi connectivity index (χ2n) is 7.26. The van der Waals surface area contributed by atoms with Crippen molar-refractivity contribution in [1.82, 2.24) is 19.5 Å². The molecular formula is C25H19ClN4O2S. The number of imidazole rings is 1. The molecule has 3 aromatic carbocycles. The maximum Gasteiger partial charge on any atom is 0.258 e. The number of ether oxygens (including phenoxy) is 1. The second kappa shape index (κ2) is 9.13. The van der Waals surface area contributed by atoms with Crippen LogP contribution in [0.2, 0.25) is 5.02 Å². The third kappa shape index (κ3) is 4.25. The lowest BCUT2D eigenvalue weighted by molar-refractivity contribution is 0.412. The van der Waals surface area contributed by atoms with E-state index in [0.29, 0.717) is 27.5 Å². The Morgan fingerprint density at radius 2 is 1.85 bits per heavy atom. The maximum absolute atomic E-state index is 12.5. The third-order valence-electron chi connectivity index (χ3n) is 5.18. The van der Waals surface area contributed by atoms with Crippen LogP contribution in [0.25, 0.3) is 27.8 Å². The van der Waals surface area contributed by atoms with E-state index in [1.165, 1.54) is 11.8 Å². The number of nitrogens with one attached hydrogen (secondary N) is 1. The molecule has 0 aliphatic carbocycles. The number of aromatic nitrogens is 4. The first-order valence-corrected chi connectivity index (χ1v) is 11.6. The molecule has 5 rings (SSSR count). The highest BCUT2D eigenvalue weighted by molar-refractivity contribution is 7.98. The fraction of sp³-hybridized carbons (Fsp3) is 0.0800. The number of fused-ring (bicyclic) bond motifs is 1. The van der Waals surface area contributed by atoms with Gasteiger partial charge in [-0.2, -0.15) is 0 Å². The Bertz CT molecular complexity index is 1500. The van der Waals surface area contributed by atoms with Crippen molar-refractivity contribution in [2.24, 2.45) is 0 Å². The number of aromatic amines is 1. The average Bonchev–Trinajstić information content (AvgIpc) is 3.26. The van der Waals surface area contributed by atoms with E-state index in [4.69, 9.17) is 16.3 Å². The molecular weight excluding hydrogens is 456 g/mol. The Balaban J connectivity index is 1.56. The number of hydrogen-bond donors (Lipinski definition) is 1. The van der Waals surface area contributed by atoms with E-state index < -0.39 is 0 Å². The number of benzene rings is 3. The van der Waals surface area contributed by atoms with Gasteiger partial charge in [-0.15, -0.1) is 0 Å². The van der Waals surface area contributed by atoms with Gasteiger partial charge in [0.1, 0.15) is 11.6 Å². The topological polar surface area (TPSA) is 72.8 Å². The molecule has 0 saturated heterocycles. The van der Waals surface area contributed by atoms with E-state index in [2.05, 4.69) is 19.5 Å². The molecule has 0 radical (unpaired) electrons. The minimum atomic E-state index is -0.190. The number of methoxy groups -OCH3 is 1. The molecule has 0 saturated carbocycles. The number of rotatable bonds is 6. The Labute approximate surface area is 199 Å². The van der Waals surface area contributed by atoms with Crippen LogP contribution in [0.5, 0.6) is 5.75 Å². The van der Waals surface area contributed by atoms with Crippen molar-refractivity contribution in [3.8, 4) is 22.7 Å². The summed E-state index contributed by atoms with van der Waals surface area (Å²) in [6.45, 7) is 0. The molecule has 2 heterocycles. The molecule has 0 fully saturated rings. The fourth-order valence-corrected chi connectivity index (χ4v) is 4.68. The first-order valence-electron chi connectivity index (χ1n) is 10.2. The highest BCUT2D eigenvalue weighted by Gasteiger charge is 2.17. The van der Waals surface area contributed by atoms with Crippen molar-refractivity contribution < 1.29 is 4.74 Å². The van der Waals surface area contributed by atoms with Gasteiger partial charge in [0.2, 0.25) is 0 Å². The number of para-hydroxylation sites is 2. The summed E-state index contributed by atoms with van der Waals surface area (Å²) in [7, 11) is 1.65. The molecule has 5 aromatic rings. The molecule has 0 aliphatic heterocycles. The summed E-state index contributed by atoms with van der Waals surface area (Å²) in [4.78, 5) is 24.6. The first-order chi connectivity index (χ1) is 16.1. The van der Waals surface area contributed by atoms with E-state index in [1.54, 1.807) is 25.3 Å². The molecule has 2 aromatic heterocycles. The summed E-state index contributed by atoms with van der Waals surface area (Å²) < 4.78 is 7.69. The number of nitrogens with zero attached hydrogens (tertiary/aromatic N) is 3. The number of thioether (sulfide) groups is 1. The predicted octanol–water partition coefficient (Wildman–Crippen LogP) is 5.73. The molecule has 0 bridgehead atoms. The van der Waals surface area contributed by atoms with Crippen LogP contribution in [0.1, 0.15) is 5.82 Å². The van der Waals surface area contributed by atoms with Gasteiger partial charge >= 0.3 is 0 Å². The van der Waals surface area contributed by atoms with Crippen molar-refractivity contribution >= 4 is 34.3 Å². The maximum atomic E-state index is 12.5. The quantitative estimate of drug-likeness (QED) is 0.318. The van der Waals surface area contributed by atoms with Gasteiger partial charge in [0.05, 0.1) is 41.3 Å². The zero-order valence-corrected chi connectivity index (χ0v) is 19.2. The average molecular weight is 475 g/mol. The minimum Gasteiger partial charge on any atom is -0.495 e. The lowest BCUT2D eigenvalue weighted by Gasteiger charge is -2.15. The molecule has 8 heteroatoms. The molecule has 1 N–H and O–H groups in total. The van der Waals surface area contributed by atoms with Crippen molar-refractivity contribution in [3.63, 3.8) is 0 Å². The summed E-state index contributed by atoms with van der Waals surface area (Å²) in [5.74, 6) is 1.72.